The van der Waals surface area contributed by atoms with Crippen molar-refractivity contribution in [3.05, 3.63) is 82.8 Å². The zero-order chi connectivity index (χ0) is 19.5. The van der Waals surface area contributed by atoms with Gasteiger partial charge in [0.2, 0.25) is 0 Å². The predicted molar refractivity (Wildman–Crippen MR) is 107 cm³/mol. The van der Waals surface area contributed by atoms with Gasteiger partial charge in [-0.05, 0) is 48.2 Å². The highest BCUT2D eigenvalue weighted by Gasteiger charge is 2.15. The predicted octanol–water partition coefficient (Wildman–Crippen LogP) is 3.81. The normalized spacial score (nSPS) is 10.6. The van der Waals surface area contributed by atoms with E-state index in [4.69, 9.17) is 10.00 Å². The second-order valence-electron chi connectivity index (χ2n) is 5.83. The topological polar surface area (TPSA) is 80.8 Å². The van der Waals surface area contributed by atoms with E-state index in [1.54, 1.807) is 43.5 Å². The van der Waals surface area contributed by atoms with Crippen LogP contribution in [0.4, 0.5) is 0 Å². The average Bonchev–Trinajstić information content (AvgIpc) is 2.74. The molecule has 0 spiro atoms. The Bertz CT molecular complexity index is 1280. The van der Waals surface area contributed by atoms with Gasteiger partial charge in [0, 0.05) is 6.07 Å². The van der Waals surface area contributed by atoms with Crippen LogP contribution in [0.15, 0.2) is 81.7 Å². The largest absolute Gasteiger partial charge is 0.497 e. The molecule has 136 valence electrons. The summed E-state index contributed by atoms with van der Waals surface area (Å²) in [5.74, 6) is 0.637. The van der Waals surface area contributed by atoms with Gasteiger partial charge in [0.15, 0.2) is 5.16 Å². The maximum absolute atomic E-state index is 13.3. The Morgan fingerprint density at radius 2 is 1.86 bits per heavy atom. The van der Waals surface area contributed by atoms with E-state index in [1.165, 1.54) is 16.3 Å². The van der Waals surface area contributed by atoms with Crippen LogP contribution >= 0.6 is 11.8 Å². The fourth-order valence-electron chi connectivity index (χ4n) is 2.79. The summed E-state index contributed by atoms with van der Waals surface area (Å²) < 4.78 is 6.84. The number of methoxy groups -OCH3 is 1. The molecule has 0 aliphatic heterocycles. The molecule has 0 saturated carbocycles. The van der Waals surface area contributed by atoms with Gasteiger partial charge in [0.1, 0.15) is 22.5 Å². The molecule has 2 aromatic heterocycles. The molecule has 0 fully saturated rings. The Morgan fingerprint density at radius 1 is 1.04 bits per heavy atom. The molecule has 0 amide bonds. The molecule has 0 aliphatic carbocycles. The SMILES string of the molecule is COc1cccc(-n2c(Sc3cccc(C#N)n3)nc3ccccc3c2=O)c1. The monoisotopic (exact) mass is 386 g/mol. The van der Waals surface area contributed by atoms with Crippen LogP contribution in [0.5, 0.6) is 5.75 Å². The molecule has 2 heterocycles. The quantitative estimate of drug-likeness (QED) is 0.496. The molecule has 0 aliphatic rings. The molecule has 0 radical (unpaired) electrons. The van der Waals surface area contributed by atoms with Crippen molar-refractivity contribution in [3.63, 3.8) is 0 Å². The lowest BCUT2D eigenvalue weighted by molar-refractivity contribution is 0.414. The lowest BCUT2D eigenvalue weighted by Gasteiger charge is -2.13. The van der Waals surface area contributed by atoms with Gasteiger partial charge in [-0.25, -0.2) is 9.97 Å². The number of benzene rings is 2. The molecular weight excluding hydrogens is 372 g/mol. The Morgan fingerprint density at radius 3 is 2.68 bits per heavy atom. The number of nitrogens with zero attached hydrogens (tertiary/aromatic N) is 4. The number of pyridine rings is 1. The third kappa shape index (κ3) is 3.33. The molecule has 0 atom stereocenters. The van der Waals surface area contributed by atoms with Crippen LogP contribution in [-0.4, -0.2) is 21.6 Å². The van der Waals surface area contributed by atoms with Crippen LogP contribution in [0.3, 0.4) is 0 Å². The van der Waals surface area contributed by atoms with E-state index in [9.17, 15) is 4.79 Å². The lowest BCUT2D eigenvalue weighted by Crippen LogP contribution is -2.21. The molecule has 0 unspecified atom stereocenters. The number of ether oxygens (including phenoxy) is 1. The van der Waals surface area contributed by atoms with E-state index >= 15 is 0 Å². The maximum atomic E-state index is 13.3. The van der Waals surface area contributed by atoms with E-state index in [1.807, 2.05) is 36.4 Å². The van der Waals surface area contributed by atoms with E-state index in [-0.39, 0.29) is 5.56 Å². The Balaban J connectivity index is 1.95. The fraction of sp³-hybridized carbons (Fsp3) is 0.0476. The standard InChI is InChI=1S/C21H14N4O2S/c1-27-16-8-5-7-15(12-16)25-20(26)17-9-2-3-10-18(17)24-21(25)28-19-11-4-6-14(13-22)23-19/h2-12H,1H3. The van der Waals surface area contributed by atoms with Crippen molar-refractivity contribution in [3.8, 4) is 17.5 Å². The molecule has 0 saturated heterocycles. The van der Waals surface area contributed by atoms with Gasteiger partial charge in [0.25, 0.3) is 5.56 Å². The first kappa shape index (κ1) is 17.8. The summed E-state index contributed by atoms with van der Waals surface area (Å²) in [6, 6.07) is 21.6. The number of nitriles is 1. The summed E-state index contributed by atoms with van der Waals surface area (Å²) in [5, 5.41) is 10.7. The number of fused-ring (bicyclic) bond motifs is 1. The first-order valence-corrected chi connectivity index (χ1v) is 9.22. The van der Waals surface area contributed by atoms with Crippen LogP contribution in [0.25, 0.3) is 16.6 Å². The summed E-state index contributed by atoms with van der Waals surface area (Å²) in [6.07, 6.45) is 0. The number of para-hydroxylation sites is 1. The maximum Gasteiger partial charge on any atom is 0.266 e. The average molecular weight is 386 g/mol. The summed E-state index contributed by atoms with van der Waals surface area (Å²) in [4.78, 5) is 22.2. The lowest BCUT2D eigenvalue weighted by atomic mass is 10.2. The van der Waals surface area contributed by atoms with Gasteiger partial charge in [-0.1, -0.05) is 24.3 Å². The summed E-state index contributed by atoms with van der Waals surface area (Å²) in [6.45, 7) is 0. The highest BCUT2D eigenvalue weighted by atomic mass is 32.2. The highest BCUT2D eigenvalue weighted by molar-refractivity contribution is 7.99. The number of rotatable bonds is 4. The number of hydrogen-bond acceptors (Lipinski definition) is 6. The van der Waals surface area contributed by atoms with Gasteiger partial charge in [-0.3, -0.25) is 9.36 Å². The van der Waals surface area contributed by atoms with Crippen LogP contribution in [0.2, 0.25) is 0 Å². The first-order valence-electron chi connectivity index (χ1n) is 8.41. The second-order valence-corrected chi connectivity index (χ2v) is 6.82. The molecule has 0 N–H and O–H groups in total. The van der Waals surface area contributed by atoms with Crippen LogP contribution in [0, 0.1) is 11.3 Å². The van der Waals surface area contributed by atoms with Gasteiger partial charge in [-0.2, -0.15) is 5.26 Å². The molecule has 0 bridgehead atoms. The smallest absolute Gasteiger partial charge is 0.266 e. The molecule has 4 aromatic rings. The van der Waals surface area contributed by atoms with E-state index < -0.39 is 0 Å². The van der Waals surface area contributed by atoms with Crippen molar-refractivity contribution in [2.75, 3.05) is 7.11 Å². The van der Waals surface area contributed by atoms with Gasteiger partial charge >= 0.3 is 0 Å². The highest BCUT2D eigenvalue weighted by Crippen LogP contribution is 2.28. The Hall–Kier alpha value is -3.63. The van der Waals surface area contributed by atoms with Crippen LogP contribution in [-0.2, 0) is 0 Å². The van der Waals surface area contributed by atoms with Crippen molar-refractivity contribution >= 4 is 22.7 Å². The Kier molecular flexibility index (Phi) is 4.79. The minimum atomic E-state index is -0.183. The fourth-order valence-corrected chi connectivity index (χ4v) is 3.69. The van der Waals surface area contributed by atoms with Gasteiger partial charge in [-0.15, -0.1) is 0 Å². The van der Waals surface area contributed by atoms with Crippen molar-refractivity contribution in [2.24, 2.45) is 0 Å². The molecule has 28 heavy (non-hydrogen) atoms. The number of aromatic nitrogens is 3. The molecule has 6 nitrogen and oxygen atoms in total. The van der Waals surface area contributed by atoms with Gasteiger partial charge < -0.3 is 4.74 Å². The van der Waals surface area contributed by atoms with E-state index in [0.717, 1.165) is 0 Å². The van der Waals surface area contributed by atoms with Crippen molar-refractivity contribution in [1.82, 2.24) is 14.5 Å². The summed E-state index contributed by atoms with van der Waals surface area (Å²) in [5.41, 5.74) is 1.37. The third-order valence-electron chi connectivity index (χ3n) is 4.09. The summed E-state index contributed by atoms with van der Waals surface area (Å²) >= 11 is 1.23. The minimum absolute atomic E-state index is 0.183. The van der Waals surface area contributed by atoms with Crippen molar-refractivity contribution in [2.45, 2.75) is 10.2 Å². The molecule has 7 heteroatoms. The zero-order valence-electron chi connectivity index (χ0n) is 14.9. The van der Waals surface area contributed by atoms with E-state index in [2.05, 4.69) is 9.97 Å². The first-order chi connectivity index (χ1) is 13.7. The van der Waals surface area contributed by atoms with Crippen LogP contribution < -0.4 is 10.3 Å². The van der Waals surface area contributed by atoms with Crippen LogP contribution in [0.1, 0.15) is 5.69 Å². The minimum Gasteiger partial charge on any atom is -0.497 e. The van der Waals surface area contributed by atoms with Crippen molar-refractivity contribution < 1.29 is 4.74 Å². The van der Waals surface area contributed by atoms with Crippen molar-refractivity contribution in [1.29, 1.82) is 5.26 Å². The number of hydrogen-bond donors (Lipinski definition) is 0. The molecular formula is C21H14N4O2S. The van der Waals surface area contributed by atoms with Gasteiger partial charge in [0.05, 0.1) is 23.7 Å². The molecule has 4 rings (SSSR count). The zero-order valence-corrected chi connectivity index (χ0v) is 15.7. The summed E-state index contributed by atoms with van der Waals surface area (Å²) in [7, 11) is 1.58. The second kappa shape index (κ2) is 7.55. The van der Waals surface area contributed by atoms with E-state index in [0.29, 0.717) is 38.2 Å². The Labute approximate surface area is 165 Å². The molecule has 2 aromatic carbocycles. The third-order valence-corrected chi connectivity index (χ3v) is 4.98.